The number of hydrogen-bond donors (Lipinski definition) is 1. The van der Waals surface area contributed by atoms with Gasteiger partial charge in [-0.1, -0.05) is 41.9 Å². The molecule has 9 nitrogen and oxygen atoms in total. The number of ether oxygens (including phenoxy) is 1. The Labute approximate surface area is 227 Å². The second-order valence-electron chi connectivity index (χ2n) is 10.2. The molecule has 0 aliphatic carbocycles. The number of fused-ring (bicyclic) bond motifs is 2. The van der Waals surface area contributed by atoms with E-state index in [0.29, 0.717) is 43.7 Å². The predicted octanol–water partition coefficient (Wildman–Crippen LogP) is 3.69. The van der Waals surface area contributed by atoms with Crippen LogP contribution in [0.2, 0.25) is 5.02 Å². The lowest BCUT2D eigenvalue weighted by Crippen LogP contribution is -2.51. The summed E-state index contributed by atoms with van der Waals surface area (Å²) >= 11 is 6.62. The van der Waals surface area contributed by atoms with Crippen LogP contribution in [0.25, 0.3) is 16.4 Å². The number of nitriles is 1. The number of imidazole rings is 1. The topological polar surface area (TPSA) is 94.6 Å². The summed E-state index contributed by atoms with van der Waals surface area (Å²) in [5, 5.41) is 20.4. The minimum absolute atomic E-state index is 0.0764. The van der Waals surface area contributed by atoms with E-state index < -0.39 is 0 Å². The van der Waals surface area contributed by atoms with Crippen LogP contribution in [0.3, 0.4) is 0 Å². The Hall–Kier alpha value is -3.45. The van der Waals surface area contributed by atoms with E-state index in [0.717, 1.165) is 58.9 Å². The average molecular weight is 531 g/mol. The highest BCUT2D eigenvalue weighted by molar-refractivity contribution is 6.35. The fourth-order valence-electron chi connectivity index (χ4n) is 5.62. The Kier molecular flexibility index (Phi) is 7.02. The number of piperazine rings is 1. The van der Waals surface area contributed by atoms with E-state index in [1.165, 1.54) is 6.42 Å². The van der Waals surface area contributed by atoms with Gasteiger partial charge < -0.3 is 19.9 Å². The first-order valence-corrected chi connectivity index (χ1v) is 13.6. The van der Waals surface area contributed by atoms with E-state index >= 15 is 0 Å². The third kappa shape index (κ3) is 4.87. The molecular formula is C28H31ClN8O. The highest BCUT2D eigenvalue weighted by atomic mass is 35.5. The molecule has 1 N–H and O–H groups in total. The average Bonchev–Trinajstić information content (AvgIpc) is 3.53. The number of likely N-dealkylation sites (N-methyl/N-ethyl adjacent to an activating group) is 1. The van der Waals surface area contributed by atoms with Crippen LogP contribution in [0.4, 0.5) is 5.82 Å². The van der Waals surface area contributed by atoms with E-state index in [1.54, 1.807) is 0 Å². The summed E-state index contributed by atoms with van der Waals surface area (Å²) in [4.78, 5) is 14.1. The molecule has 0 saturated carbocycles. The molecule has 2 aliphatic rings. The highest BCUT2D eigenvalue weighted by Crippen LogP contribution is 2.30. The van der Waals surface area contributed by atoms with Crippen LogP contribution < -0.4 is 15.0 Å². The molecule has 2 aromatic heterocycles. The van der Waals surface area contributed by atoms with Crippen molar-refractivity contribution >= 4 is 33.8 Å². The molecule has 2 unspecified atom stereocenters. The Morgan fingerprint density at radius 3 is 2.89 bits per heavy atom. The molecule has 2 aromatic carbocycles. The van der Waals surface area contributed by atoms with Gasteiger partial charge in [-0.3, -0.25) is 0 Å². The molecule has 0 bridgehead atoms. The maximum absolute atomic E-state index is 9.24. The van der Waals surface area contributed by atoms with Crippen molar-refractivity contribution in [3.63, 3.8) is 0 Å². The summed E-state index contributed by atoms with van der Waals surface area (Å²) in [6, 6.07) is 15.3. The minimum atomic E-state index is 0.0764. The standard InChI is InChI=1S/C28H31ClN8O/c1-35-13-4-8-22(35)18-38-28-33-27(36-14-12-31-21(17-36)10-11-30)26-32-16-23(37(26)34-28)15-20-7-2-5-19-6-3-9-24(29)25(19)20/h2-3,5-7,9,16,21-22,31H,4,8,10,12-15,17-18H2,1H3. The third-order valence-corrected chi connectivity index (χ3v) is 7.99. The van der Waals surface area contributed by atoms with Gasteiger partial charge in [-0.05, 0) is 43.5 Å². The summed E-state index contributed by atoms with van der Waals surface area (Å²) in [7, 11) is 2.13. The van der Waals surface area contributed by atoms with Gasteiger partial charge in [-0.25, -0.2) is 9.50 Å². The first kappa shape index (κ1) is 24.9. The molecular weight excluding hydrogens is 500 g/mol. The number of nitrogens with one attached hydrogen (secondary N) is 1. The van der Waals surface area contributed by atoms with Crippen LogP contribution in [0, 0.1) is 11.3 Å². The SMILES string of the molecule is CN1CCCC1COc1nc(N2CCNC(CC#N)C2)c2ncc(Cc3cccc4cccc(Cl)c34)n2n1. The van der Waals surface area contributed by atoms with Crippen LogP contribution in [-0.4, -0.2) is 76.4 Å². The second-order valence-corrected chi connectivity index (χ2v) is 10.6. The number of benzene rings is 2. The molecule has 4 heterocycles. The predicted molar refractivity (Wildman–Crippen MR) is 148 cm³/mol. The minimum Gasteiger partial charge on any atom is -0.461 e. The Morgan fingerprint density at radius 1 is 1.21 bits per heavy atom. The normalized spacial score (nSPS) is 20.3. The number of aromatic nitrogens is 4. The van der Waals surface area contributed by atoms with Crippen LogP contribution in [0.15, 0.2) is 42.6 Å². The lowest BCUT2D eigenvalue weighted by molar-refractivity contribution is 0.185. The van der Waals surface area contributed by atoms with Crippen molar-refractivity contribution in [1.82, 2.24) is 29.8 Å². The quantitative estimate of drug-likeness (QED) is 0.386. The van der Waals surface area contributed by atoms with E-state index in [9.17, 15) is 5.26 Å². The van der Waals surface area contributed by atoms with Crippen molar-refractivity contribution in [3.05, 3.63) is 58.9 Å². The number of halogens is 1. The molecule has 0 radical (unpaired) electrons. The maximum atomic E-state index is 9.24. The van der Waals surface area contributed by atoms with E-state index in [1.807, 2.05) is 22.8 Å². The Morgan fingerprint density at radius 2 is 2.08 bits per heavy atom. The molecule has 38 heavy (non-hydrogen) atoms. The Bertz CT molecular complexity index is 1490. The number of likely N-dealkylation sites (tertiary alicyclic amines) is 1. The number of anilines is 1. The lowest BCUT2D eigenvalue weighted by Gasteiger charge is -2.33. The van der Waals surface area contributed by atoms with Gasteiger partial charge in [0.25, 0.3) is 0 Å². The van der Waals surface area contributed by atoms with Gasteiger partial charge in [0.05, 0.1) is 24.4 Å². The molecule has 2 atom stereocenters. The summed E-state index contributed by atoms with van der Waals surface area (Å²) in [6.45, 7) is 3.84. The van der Waals surface area contributed by atoms with Crippen molar-refractivity contribution in [1.29, 1.82) is 5.26 Å². The molecule has 2 aliphatic heterocycles. The van der Waals surface area contributed by atoms with Crippen LogP contribution in [-0.2, 0) is 6.42 Å². The molecule has 196 valence electrons. The van der Waals surface area contributed by atoms with Crippen molar-refractivity contribution < 1.29 is 4.74 Å². The van der Waals surface area contributed by atoms with Crippen LogP contribution >= 0.6 is 11.6 Å². The second kappa shape index (κ2) is 10.7. The monoisotopic (exact) mass is 530 g/mol. The van der Waals surface area contributed by atoms with Crippen molar-refractivity contribution in [2.45, 2.75) is 37.8 Å². The molecule has 0 spiro atoms. The molecule has 2 saturated heterocycles. The van der Waals surface area contributed by atoms with Gasteiger partial charge in [0, 0.05) is 48.5 Å². The van der Waals surface area contributed by atoms with E-state index in [-0.39, 0.29) is 6.04 Å². The maximum Gasteiger partial charge on any atom is 0.336 e. The zero-order chi connectivity index (χ0) is 26.1. The molecule has 6 rings (SSSR count). The largest absolute Gasteiger partial charge is 0.461 e. The van der Waals surface area contributed by atoms with Gasteiger partial charge in [0.1, 0.15) is 6.61 Å². The zero-order valence-electron chi connectivity index (χ0n) is 21.5. The first-order chi connectivity index (χ1) is 18.6. The van der Waals surface area contributed by atoms with Gasteiger partial charge >= 0.3 is 6.01 Å². The fraction of sp³-hybridized carbons (Fsp3) is 0.429. The summed E-state index contributed by atoms with van der Waals surface area (Å²) in [6.07, 6.45) is 5.21. The molecule has 4 aromatic rings. The fourth-order valence-corrected chi connectivity index (χ4v) is 5.93. The van der Waals surface area contributed by atoms with Crippen molar-refractivity contribution in [3.8, 4) is 12.1 Å². The highest BCUT2D eigenvalue weighted by Gasteiger charge is 2.26. The van der Waals surface area contributed by atoms with Crippen LogP contribution in [0.5, 0.6) is 6.01 Å². The zero-order valence-corrected chi connectivity index (χ0v) is 22.2. The van der Waals surface area contributed by atoms with Crippen LogP contribution in [0.1, 0.15) is 30.5 Å². The smallest absolute Gasteiger partial charge is 0.336 e. The van der Waals surface area contributed by atoms with Crippen molar-refractivity contribution in [2.75, 3.05) is 44.7 Å². The molecule has 0 amide bonds. The summed E-state index contributed by atoms with van der Waals surface area (Å²) < 4.78 is 8.08. The van der Waals surface area contributed by atoms with Gasteiger partial charge in [0.15, 0.2) is 11.5 Å². The van der Waals surface area contributed by atoms with Gasteiger partial charge in [-0.2, -0.15) is 10.2 Å². The van der Waals surface area contributed by atoms with E-state index in [4.69, 9.17) is 31.4 Å². The third-order valence-electron chi connectivity index (χ3n) is 7.68. The number of hydrogen-bond acceptors (Lipinski definition) is 8. The summed E-state index contributed by atoms with van der Waals surface area (Å²) in [5.41, 5.74) is 2.73. The summed E-state index contributed by atoms with van der Waals surface area (Å²) in [5.74, 6) is 0.737. The van der Waals surface area contributed by atoms with Gasteiger partial charge in [-0.15, -0.1) is 5.10 Å². The lowest BCUT2D eigenvalue weighted by atomic mass is 10.0. The van der Waals surface area contributed by atoms with E-state index in [2.05, 4.69) is 52.5 Å². The Balaban J connectivity index is 1.38. The van der Waals surface area contributed by atoms with Crippen molar-refractivity contribution in [2.24, 2.45) is 0 Å². The number of nitrogens with zero attached hydrogens (tertiary/aromatic N) is 7. The number of rotatable bonds is 7. The first-order valence-electron chi connectivity index (χ1n) is 13.2. The van der Waals surface area contributed by atoms with Gasteiger partial charge in [0.2, 0.25) is 0 Å². The molecule has 2 fully saturated rings. The molecule has 10 heteroatoms.